The number of ether oxygens (including phenoxy) is 3. The molecule has 172 valence electrons. The number of amides is 1. The topological polar surface area (TPSA) is 63.3 Å². The third kappa shape index (κ3) is 6.13. The Morgan fingerprint density at radius 3 is 2.19 bits per heavy atom. The fourth-order valence-electron chi connectivity index (χ4n) is 3.65. The van der Waals surface area contributed by atoms with Crippen LogP contribution in [0.25, 0.3) is 6.08 Å². The summed E-state index contributed by atoms with van der Waals surface area (Å²) in [6.07, 6.45) is 3.20. The molecule has 0 atom stereocenters. The first-order chi connectivity index (χ1) is 15.5. The predicted molar refractivity (Wildman–Crippen MR) is 123 cm³/mol. The molecular formula is C24H30FN3O4. The van der Waals surface area contributed by atoms with Crippen molar-refractivity contribution in [1.82, 2.24) is 10.2 Å². The molecule has 1 N–H and O–H groups in total. The molecule has 0 bridgehead atoms. The summed E-state index contributed by atoms with van der Waals surface area (Å²) in [5.74, 6) is 1.20. The lowest BCUT2D eigenvalue weighted by Gasteiger charge is -2.36. The van der Waals surface area contributed by atoms with Gasteiger partial charge in [0.05, 0.1) is 21.3 Å². The van der Waals surface area contributed by atoms with E-state index in [0.717, 1.165) is 44.0 Å². The Morgan fingerprint density at radius 2 is 1.62 bits per heavy atom. The highest BCUT2D eigenvalue weighted by molar-refractivity contribution is 5.91. The minimum Gasteiger partial charge on any atom is -0.493 e. The fourth-order valence-corrected chi connectivity index (χ4v) is 3.65. The van der Waals surface area contributed by atoms with Crippen LogP contribution in [0.2, 0.25) is 0 Å². The first-order valence-electron chi connectivity index (χ1n) is 10.5. The van der Waals surface area contributed by atoms with Crippen molar-refractivity contribution in [1.29, 1.82) is 0 Å². The first-order valence-corrected chi connectivity index (χ1v) is 10.5. The Labute approximate surface area is 188 Å². The molecule has 0 radical (unpaired) electrons. The monoisotopic (exact) mass is 443 g/mol. The highest BCUT2D eigenvalue weighted by Crippen LogP contribution is 2.38. The van der Waals surface area contributed by atoms with Gasteiger partial charge in [0.25, 0.3) is 0 Å². The highest BCUT2D eigenvalue weighted by atomic mass is 19.1. The normalized spacial score (nSPS) is 14.4. The molecule has 0 aromatic heterocycles. The Kier molecular flexibility index (Phi) is 8.33. The molecular weight excluding hydrogens is 413 g/mol. The van der Waals surface area contributed by atoms with Crippen LogP contribution in [0.1, 0.15) is 5.56 Å². The second-order valence-corrected chi connectivity index (χ2v) is 7.39. The summed E-state index contributed by atoms with van der Waals surface area (Å²) < 4.78 is 29.1. The van der Waals surface area contributed by atoms with Crippen LogP contribution in [0.15, 0.2) is 42.5 Å². The van der Waals surface area contributed by atoms with Gasteiger partial charge in [0.15, 0.2) is 11.5 Å². The van der Waals surface area contributed by atoms with Crippen LogP contribution in [0.5, 0.6) is 17.2 Å². The van der Waals surface area contributed by atoms with Crippen molar-refractivity contribution in [2.24, 2.45) is 0 Å². The van der Waals surface area contributed by atoms with Crippen molar-refractivity contribution in [2.45, 2.75) is 0 Å². The maximum Gasteiger partial charge on any atom is 0.244 e. The van der Waals surface area contributed by atoms with Gasteiger partial charge >= 0.3 is 0 Å². The molecule has 7 nitrogen and oxygen atoms in total. The molecule has 32 heavy (non-hydrogen) atoms. The first kappa shape index (κ1) is 23.4. The van der Waals surface area contributed by atoms with Gasteiger partial charge in [-0.3, -0.25) is 9.69 Å². The van der Waals surface area contributed by atoms with E-state index in [-0.39, 0.29) is 11.7 Å². The number of rotatable bonds is 9. The lowest BCUT2D eigenvalue weighted by atomic mass is 10.1. The van der Waals surface area contributed by atoms with Gasteiger partial charge in [0.1, 0.15) is 5.82 Å². The molecule has 2 aromatic carbocycles. The second kappa shape index (κ2) is 11.4. The number of piperazine rings is 1. The average molecular weight is 444 g/mol. The number of methoxy groups -OCH3 is 3. The van der Waals surface area contributed by atoms with Crippen LogP contribution >= 0.6 is 0 Å². The molecule has 0 saturated carbocycles. The molecule has 2 aromatic rings. The summed E-state index contributed by atoms with van der Waals surface area (Å²) in [6, 6.07) is 10.2. The van der Waals surface area contributed by atoms with E-state index in [9.17, 15) is 9.18 Å². The smallest absolute Gasteiger partial charge is 0.244 e. The van der Waals surface area contributed by atoms with E-state index in [0.29, 0.717) is 23.8 Å². The predicted octanol–water partition coefficient (Wildman–Crippen LogP) is 2.80. The Morgan fingerprint density at radius 1 is 1.00 bits per heavy atom. The van der Waals surface area contributed by atoms with Gasteiger partial charge in [0, 0.05) is 51.0 Å². The van der Waals surface area contributed by atoms with Gasteiger partial charge in [-0.15, -0.1) is 0 Å². The SMILES string of the molecule is COc1cc(/C=C/C(=O)NCCN2CCN(c3ccc(F)cc3)CC2)cc(OC)c1OC. The van der Waals surface area contributed by atoms with Crippen LogP contribution in [0, 0.1) is 5.82 Å². The summed E-state index contributed by atoms with van der Waals surface area (Å²) in [7, 11) is 4.65. The molecule has 0 spiro atoms. The van der Waals surface area contributed by atoms with Crippen molar-refractivity contribution in [3.05, 3.63) is 53.9 Å². The van der Waals surface area contributed by atoms with Gasteiger partial charge < -0.3 is 24.4 Å². The maximum absolute atomic E-state index is 13.1. The van der Waals surface area contributed by atoms with Gasteiger partial charge in [-0.05, 0) is 48.0 Å². The second-order valence-electron chi connectivity index (χ2n) is 7.39. The minimum atomic E-state index is -0.220. The number of hydrogen-bond donors (Lipinski definition) is 1. The molecule has 0 aliphatic carbocycles. The van der Waals surface area contributed by atoms with E-state index >= 15 is 0 Å². The Bertz CT molecular complexity index is 900. The summed E-state index contributed by atoms with van der Waals surface area (Å²) in [4.78, 5) is 16.8. The zero-order valence-corrected chi connectivity index (χ0v) is 18.8. The molecule has 1 saturated heterocycles. The lowest BCUT2D eigenvalue weighted by molar-refractivity contribution is -0.116. The van der Waals surface area contributed by atoms with Crippen LogP contribution in [0.3, 0.4) is 0 Å². The maximum atomic E-state index is 13.1. The third-order valence-electron chi connectivity index (χ3n) is 5.41. The van der Waals surface area contributed by atoms with Crippen LogP contribution in [-0.4, -0.2) is 71.4 Å². The van der Waals surface area contributed by atoms with Crippen LogP contribution in [-0.2, 0) is 4.79 Å². The Hall–Kier alpha value is -3.26. The number of carbonyl (C=O) groups is 1. The number of hydrogen-bond acceptors (Lipinski definition) is 6. The zero-order chi connectivity index (χ0) is 22.9. The molecule has 0 unspecified atom stereocenters. The third-order valence-corrected chi connectivity index (χ3v) is 5.41. The number of halogens is 1. The summed E-state index contributed by atoms with van der Waals surface area (Å²) in [6.45, 7) is 4.89. The van der Waals surface area contributed by atoms with Crippen molar-refractivity contribution in [2.75, 3.05) is 65.5 Å². The molecule has 8 heteroatoms. The highest BCUT2D eigenvalue weighted by Gasteiger charge is 2.17. The molecule has 3 rings (SSSR count). The number of nitrogens with one attached hydrogen (secondary N) is 1. The molecule has 1 aliphatic rings. The summed E-state index contributed by atoms with van der Waals surface area (Å²) in [5, 5.41) is 2.92. The fraction of sp³-hybridized carbons (Fsp3) is 0.375. The van der Waals surface area contributed by atoms with Crippen molar-refractivity contribution < 1.29 is 23.4 Å². The van der Waals surface area contributed by atoms with Gasteiger partial charge in [0.2, 0.25) is 11.7 Å². The van der Waals surface area contributed by atoms with E-state index < -0.39 is 0 Å². The summed E-state index contributed by atoms with van der Waals surface area (Å²) >= 11 is 0. The Balaban J connectivity index is 1.44. The van der Waals surface area contributed by atoms with Gasteiger partial charge in [-0.2, -0.15) is 0 Å². The quantitative estimate of drug-likeness (QED) is 0.602. The van der Waals surface area contributed by atoms with Crippen molar-refractivity contribution >= 4 is 17.7 Å². The summed E-state index contributed by atoms with van der Waals surface area (Å²) in [5.41, 5.74) is 1.81. The van der Waals surface area contributed by atoms with E-state index in [1.54, 1.807) is 39.5 Å². The van der Waals surface area contributed by atoms with Gasteiger partial charge in [-0.1, -0.05) is 0 Å². The molecule has 1 aliphatic heterocycles. The zero-order valence-electron chi connectivity index (χ0n) is 18.8. The number of carbonyl (C=O) groups excluding carboxylic acids is 1. The van der Waals surface area contributed by atoms with E-state index in [1.165, 1.54) is 18.2 Å². The van der Waals surface area contributed by atoms with Crippen molar-refractivity contribution in [3.8, 4) is 17.2 Å². The molecule has 1 amide bonds. The number of anilines is 1. The van der Waals surface area contributed by atoms with Crippen LogP contribution in [0.4, 0.5) is 10.1 Å². The van der Waals surface area contributed by atoms with E-state index in [1.807, 2.05) is 12.1 Å². The van der Waals surface area contributed by atoms with E-state index in [4.69, 9.17) is 14.2 Å². The average Bonchev–Trinajstić information content (AvgIpc) is 2.83. The van der Waals surface area contributed by atoms with Gasteiger partial charge in [-0.25, -0.2) is 4.39 Å². The molecule has 1 heterocycles. The van der Waals surface area contributed by atoms with Crippen LogP contribution < -0.4 is 24.4 Å². The van der Waals surface area contributed by atoms with E-state index in [2.05, 4.69) is 15.1 Å². The standard InChI is InChI=1S/C24H30FN3O4/c1-30-21-16-18(17-22(31-2)24(21)32-3)4-9-23(29)26-10-11-27-12-14-28(15-13-27)20-7-5-19(25)6-8-20/h4-9,16-17H,10-15H2,1-3H3,(H,26,29)/b9-4+. The van der Waals surface area contributed by atoms with Crippen molar-refractivity contribution in [3.63, 3.8) is 0 Å². The number of nitrogens with zero attached hydrogens (tertiary/aromatic N) is 2. The number of benzene rings is 2. The largest absolute Gasteiger partial charge is 0.493 e. The lowest BCUT2D eigenvalue weighted by Crippen LogP contribution is -2.48. The minimum absolute atomic E-state index is 0.163. The molecule has 1 fully saturated rings.